The number of aryl methyl sites for hydroxylation is 3. The first-order chi connectivity index (χ1) is 9.13. The molecule has 3 heteroatoms. The zero-order valence-corrected chi connectivity index (χ0v) is 12.3. The van der Waals surface area contributed by atoms with E-state index in [1.807, 2.05) is 30.8 Å². The number of hydrogen-bond donors (Lipinski definition) is 1. The van der Waals surface area contributed by atoms with Crippen molar-refractivity contribution in [2.24, 2.45) is 0 Å². The molecule has 19 heavy (non-hydrogen) atoms. The Morgan fingerprint density at radius 2 is 2.00 bits per heavy atom. The Labute approximate surface area is 119 Å². The summed E-state index contributed by atoms with van der Waals surface area (Å²) in [7, 11) is 0. The number of anilines is 1. The van der Waals surface area contributed by atoms with Gasteiger partial charge in [0.1, 0.15) is 0 Å². The summed E-state index contributed by atoms with van der Waals surface area (Å²) in [5.74, 6) is 1.09. The van der Waals surface area contributed by atoms with E-state index in [2.05, 4.69) is 36.2 Å². The van der Waals surface area contributed by atoms with Crippen LogP contribution < -0.4 is 5.73 Å². The van der Waals surface area contributed by atoms with E-state index in [1.165, 1.54) is 11.1 Å². The van der Waals surface area contributed by atoms with Crippen LogP contribution in [-0.4, -0.2) is 10.7 Å². The monoisotopic (exact) mass is 272 g/mol. The van der Waals surface area contributed by atoms with Crippen molar-refractivity contribution in [2.45, 2.75) is 31.7 Å². The van der Waals surface area contributed by atoms with E-state index in [9.17, 15) is 0 Å². The fraction of sp³-hybridized carbons (Fsp3) is 0.312. The van der Waals surface area contributed by atoms with Crippen LogP contribution in [0.4, 0.5) is 5.69 Å². The lowest BCUT2D eigenvalue weighted by Gasteiger charge is -2.05. The van der Waals surface area contributed by atoms with Crippen LogP contribution in [0.2, 0.25) is 0 Å². The molecular weight excluding hydrogens is 252 g/mol. The van der Waals surface area contributed by atoms with Crippen LogP contribution in [0, 0.1) is 13.8 Å². The van der Waals surface area contributed by atoms with Crippen LogP contribution in [0.1, 0.15) is 23.2 Å². The summed E-state index contributed by atoms with van der Waals surface area (Å²) in [6.45, 7) is 4.16. The van der Waals surface area contributed by atoms with Gasteiger partial charge in [0.15, 0.2) is 0 Å². The van der Waals surface area contributed by atoms with Gasteiger partial charge in [-0.25, -0.2) is 4.98 Å². The number of nitrogens with two attached hydrogens (primary N) is 1. The summed E-state index contributed by atoms with van der Waals surface area (Å²) in [5, 5.41) is 1.13. The largest absolute Gasteiger partial charge is 0.399 e. The molecule has 0 saturated heterocycles. The third kappa shape index (κ3) is 4.60. The maximum absolute atomic E-state index is 5.77. The number of aromatic nitrogens is 1. The standard InChI is InChI=1S/C16H20N2S/c1-12-9-13(2)18-16(10-12)19-8-4-6-14-5-3-7-15(17)11-14/h3,5,7,9-11H,4,6,8,17H2,1-2H3. The number of benzene rings is 1. The van der Waals surface area contributed by atoms with Crippen molar-refractivity contribution >= 4 is 17.4 Å². The summed E-state index contributed by atoms with van der Waals surface area (Å²) >= 11 is 1.83. The Morgan fingerprint density at radius 3 is 2.74 bits per heavy atom. The van der Waals surface area contributed by atoms with Gasteiger partial charge in [0.25, 0.3) is 0 Å². The van der Waals surface area contributed by atoms with E-state index >= 15 is 0 Å². The molecule has 2 rings (SSSR count). The third-order valence-corrected chi connectivity index (χ3v) is 3.88. The number of pyridine rings is 1. The van der Waals surface area contributed by atoms with Crippen LogP contribution >= 0.6 is 11.8 Å². The topological polar surface area (TPSA) is 38.9 Å². The lowest BCUT2D eigenvalue weighted by molar-refractivity contribution is 0.929. The Hall–Kier alpha value is -1.48. The Bertz CT molecular complexity index is 532. The number of rotatable bonds is 5. The molecule has 0 radical (unpaired) electrons. The first-order valence-electron chi connectivity index (χ1n) is 6.56. The average molecular weight is 272 g/mol. The highest BCUT2D eigenvalue weighted by atomic mass is 32.2. The molecule has 0 atom stereocenters. The second-order valence-corrected chi connectivity index (χ2v) is 5.94. The molecule has 2 N–H and O–H groups in total. The average Bonchev–Trinajstić information content (AvgIpc) is 2.34. The Kier molecular flexibility index (Phi) is 4.86. The maximum atomic E-state index is 5.77. The highest BCUT2D eigenvalue weighted by Crippen LogP contribution is 2.19. The van der Waals surface area contributed by atoms with Crippen molar-refractivity contribution < 1.29 is 0 Å². The molecule has 2 aromatic rings. The van der Waals surface area contributed by atoms with Gasteiger partial charge in [-0.05, 0) is 67.8 Å². The fourth-order valence-corrected chi connectivity index (χ4v) is 3.06. The second kappa shape index (κ2) is 6.62. The van der Waals surface area contributed by atoms with Crippen LogP contribution in [0.25, 0.3) is 0 Å². The number of thioether (sulfide) groups is 1. The van der Waals surface area contributed by atoms with E-state index in [0.29, 0.717) is 0 Å². The van der Waals surface area contributed by atoms with Crippen molar-refractivity contribution in [3.8, 4) is 0 Å². The van der Waals surface area contributed by atoms with Crippen molar-refractivity contribution in [1.29, 1.82) is 0 Å². The zero-order chi connectivity index (χ0) is 13.7. The summed E-state index contributed by atoms with van der Waals surface area (Å²) in [4.78, 5) is 4.54. The van der Waals surface area contributed by atoms with Crippen molar-refractivity contribution in [3.05, 3.63) is 53.2 Å². The van der Waals surface area contributed by atoms with E-state index in [0.717, 1.165) is 35.0 Å². The molecule has 1 aromatic carbocycles. The molecular formula is C16H20N2S. The van der Waals surface area contributed by atoms with Crippen LogP contribution in [0.3, 0.4) is 0 Å². The predicted molar refractivity (Wildman–Crippen MR) is 83.6 cm³/mol. The minimum absolute atomic E-state index is 0.848. The van der Waals surface area contributed by atoms with Crippen LogP contribution in [0.5, 0.6) is 0 Å². The quantitative estimate of drug-likeness (QED) is 0.508. The lowest BCUT2D eigenvalue weighted by Crippen LogP contribution is -1.92. The van der Waals surface area contributed by atoms with Crippen LogP contribution in [0.15, 0.2) is 41.4 Å². The van der Waals surface area contributed by atoms with Gasteiger partial charge in [0.2, 0.25) is 0 Å². The van der Waals surface area contributed by atoms with E-state index in [-0.39, 0.29) is 0 Å². The SMILES string of the molecule is Cc1cc(C)nc(SCCCc2cccc(N)c2)c1. The molecule has 0 unspecified atom stereocenters. The highest BCUT2D eigenvalue weighted by molar-refractivity contribution is 7.99. The lowest BCUT2D eigenvalue weighted by atomic mass is 10.1. The summed E-state index contributed by atoms with van der Waals surface area (Å²) in [6, 6.07) is 12.4. The molecule has 100 valence electrons. The summed E-state index contributed by atoms with van der Waals surface area (Å²) in [5.41, 5.74) is 10.3. The second-order valence-electron chi connectivity index (χ2n) is 4.82. The molecule has 1 aromatic heterocycles. The van der Waals surface area contributed by atoms with Gasteiger partial charge in [0.05, 0.1) is 5.03 Å². The third-order valence-electron chi connectivity index (χ3n) is 2.89. The molecule has 0 amide bonds. The number of hydrogen-bond acceptors (Lipinski definition) is 3. The minimum Gasteiger partial charge on any atom is -0.399 e. The highest BCUT2D eigenvalue weighted by Gasteiger charge is 1.99. The number of nitrogen functional groups attached to an aromatic ring is 1. The first-order valence-corrected chi connectivity index (χ1v) is 7.54. The van der Waals surface area contributed by atoms with Gasteiger partial charge in [0, 0.05) is 11.4 Å². The molecule has 0 aliphatic heterocycles. The molecule has 1 heterocycles. The molecule has 0 saturated carbocycles. The molecule has 0 fully saturated rings. The maximum Gasteiger partial charge on any atom is 0.0965 e. The van der Waals surface area contributed by atoms with Gasteiger partial charge in [-0.2, -0.15) is 0 Å². The van der Waals surface area contributed by atoms with Gasteiger partial charge in [-0.1, -0.05) is 12.1 Å². The zero-order valence-electron chi connectivity index (χ0n) is 11.5. The van der Waals surface area contributed by atoms with E-state index in [4.69, 9.17) is 5.73 Å². The van der Waals surface area contributed by atoms with Gasteiger partial charge < -0.3 is 5.73 Å². The Balaban J connectivity index is 1.80. The van der Waals surface area contributed by atoms with Crippen molar-refractivity contribution in [3.63, 3.8) is 0 Å². The minimum atomic E-state index is 0.848. The number of nitrogens with zero attached hydrogens (tertiary/aromatic N) is 1. The summed E-state index contributed by atoms with van der Waals surface area (Å²) < 4.78 is 0. The summed E-state index contributed by atoms with van der Waals surface area (Å²) in [6.07, 6.45) is 2.21. The van der Waals surface area contributed by atoms with Crippen molar-refractivity contribution in [1.82, 2.24) is 4.98 Å². The molecule has 0 bridgehead atoms. The van der Waals surface area contributed by atoms with Gasteiger partial charge in [-0.3, -0.25) is 0 Å². The smallest absolute Gasteiger partial charge is 0.0965 e. The van der Waals surface area contributed by atoms with E-state index in [1.54, 1.807) is 0 Å². The predicted octanol–water partition coefficient (Wildman–Crippen LogP) is 4.01. The molecule has 0 aliphatic rings. The van der Waals surface area contributed by atoms with Gasteiger partial charge in [-0.15, -0.1) is 11.8 Å². The first kappa shape index (κ1) is 13.9. The van der Waals surface area contributed by atoms with E-state index < -0.39 is 0 Å². The Morgan fingerprint density at radius 1 is 1.16 bits per heavy atom. The molecule has 0 spiro atoms. The van der Waals surface area contributed by atoms with Crippen LogP contribution in [-0.2, 0) is 6.42 Å². The fourth-order valence-electron chi connectivity index (χ4n) is 2.08. The molecule has 0 aliphatic carbocycles. The van der Waals surface area contributed by atoms with Gasteiger partial charge >= 0.3 is 0 Å². The normalized spacial score (nSPS) is 10.6. The van der Waals surface area contributed by atoms with Crippen molar-refractivity contribution in [2.75, 3.05) is 11.5 Å². The molecule has 2 nitrogen and oxygen atoms in total.